The fraction of sp³-hybridized carbons (Fsp3) is 0.824. The molecule has 2 aliphatic rings. The zero-order valence-corrected chi connectivity index (χ0v) is 17.7. The van der Waals surface area contributed by atoms with Crippen molar-refractivity contribution in [2.75, 3.05) is 13.1 Å². The predicted molar refractivity (Wildman–Crippen MR) is 106 cm³/mol. The van der Waals surface area contributed by atoms with Gasteiger partial charge in [0, 0.05) is 34.2 Å². The summed E-state index contributed by atoms with van der Waals surface area (Å²) < 4.78 is 5.34. The molecule has 2 fully saturated rings. The molecule has 2 rings (SSSR count). The van der Waals surface area contributed by atoms with E-state index < -0.39 is 41.1 Å². The van der Waals surface area contributed by atoms with E-state index in [4.69, 9.17) is 10.3 Å². The minimum Gasteiger partial charge on any atom is -0.434 e. The summed E-state index contributed by atoms with van der Waals surface area (Å²) in [5, 5.41) is 8.53. The molecule has 4 atom stereocenters. The number of carbonyl (C=O) groups excluding carboxylic acids is 3. The Morgan fingerprint density at radius 1 is 1.39 bits per heavy atom. The van der Waals surface area contributed by atoms with Crippen molar-refractivity contribution in [2.24, 2.45) is 10.5 Å². The molecule has 2 N–H and O–H groups in total. The van der Waals surface area contributed by atoms with Crippen molar-refractivity contribution in [1.29, 1.82) is 0 Å². The van der Waals surface area contributed by atoms with Crippen LogP contribution < -0.4 is 10.6 Å². The predicted octanol–water partition coefficient (Wildman–Crippen LogP) is 1.61. The van der Waals surface area contributed by atoms with Crippen LogP contribution in [0.4, 0.5) is 4.79 Å². The van der Waals surface area contributed by atoms with Crippen LogP contribution in [0.25, 0.3) is 10.4 Å². The van der Waals surface area contributed by atoms with Gasteiger partial charge in [-0.25, -0.2) is 4.79 Å². The molecule has 3 amide bonds. The summed E-state index contributed by atoms with van der Waals surface area (Å²) in [5.41, 5.74) is 7.17. The van der Waals surface area contributed by atoms with Gasteiger partial charge in [-0.2, -0.15) is 12.6 Å². The van der Waals surface area contributed by atoms with Crippen molar-refractivity contribution in [2.45, 2.75) is 70.0 Å². The number of β-lactam (4-membered cyclic amide) rings is 1. The fourth-order valence-corrected chi connectivity index (χ4v) is 4.06. The summed E-state index contributed by atoms with van der Waals surface area (Å²) in [6, 6.07) is -1.17. The lowest BCUT2D eigenvalue weighted by atomic mass is 9.82. The average Bonchev–Trinajstić information content (AvgIpc) is 2.75. The van der Waals surface area contributed by atoms with Crippen LogP contribution in [0.2, 0.25) is 0 Å². The molecule has 0 aromatic carbocycles. The van der Waals surface area contributed by atoms with Crippen LogP contribution in [-0.2, 0) is 14.3 Å². The zero-order valence-electron chi connectivity index (χ0n) is 16.8. The molecule has 11 heteroatoms. The van der Waals surface area contributed by atoms with Crippen LogP contribution in [0.1, 0.15) is 41.0 Å². The normalized spacial score (nSPS) is 27.9. The quantitative estimate of drug-likeness (QED) is 0.152. The van der Waals surface area contributed by atoms with Gasteiger partial charge in [0.25, 0.3) is 5.91 Å². The Morgan fingerprint density at radius 3 is 2.61 bits per heavy atom. The van der Waals surface area contributed by atoms with E-state index in [1.54, 1.807) is 0 Å². The highest BCUT2D eigenvalue weighted by Crippen LogP contribution is 2.50. The van der Waals surface area contributed by atoms with Gasteiger partial charge in [-0.3, -0.25) is 9.59 Å². The minimum absolute atomic E-state index is 0.282. The first-order chi connectivity index (χ1) is 12.9. The molecule has 10 nitrogen and oxygen atoms in total. The average molecular weight is 413 g/mol. The van der Waals surface area contributed by atoms with E-state index in [1.807, 2.05) is 34.6 Å². The molecule has 0 aliphatic carbocycles. The SMILES string of the molecule is CC(C)(C)NC(=O)O[C@H]1C(=O)N2C1C(S)C(C)(C)[C@H]2C(=O)NCCCN=[N+]=[N-]. The summed E-state index contributed by atoms with van der Waals surface area (Å²) >= 11 is 4.64. The highest BCUT2D eigenvalue weighted by atomic mass is 32.1. The van der Waals surface area contributed by atoms with Crippen molar-refractivity contribution in [3.05, 3.63) is 10.4 Å². The second kappa shape index (κ2) is 8.08. The maximum Gasteiger partial charge on any atom is 0.408 e. The first-order valence-corrected chi connectivity index (χ1v) is 9.71. The van der Waals surface area contributed by atoms with Gasteiger partial charge in [-0.1, -0.05) is 19.0 Å². The molecular formula is C17H28N6O4S. The van der Waals surface area contributed by atoms with E-state index in [0.717, 1.165) is 0 Å². The van der Waals surface area contributed by atoms with Gasteiger partial charge >= 0.3 is 6.09 Å². The van der Waals surface area contributed by atoms with Crippen molar-refractivity contribution in [3.8, 4) is 0 Å². The molecule has 2 heterocycles. The lowest BCUT2D eigenvalue weighted by Crippen LogP contribution is -2.69. The largest absolute Gasteiger partial charge is 0.434 e. The Hall–Kier alpha value is -2.13. The number of rotatable bonds is 6. The van der Waals surface area contributed by atoms with Crippen molar-refractivity contribution in [3.63, 3.8) is 0 Å². The number of carbonyl (C=O) groups is 3. The lowest BCUT2D eigenvalue weighted by Gasteiger charge is -2.45. The smallest absolute Gasteiger partial charge is 0.408 e. The summed E-state index contributed by atoms with van der Waals surface area (Å²) in [7, 11) is 0. The number of nitrogens with zero attached hydrogens (tertiary/aromatic N) is 4. The Balaban J connectivity index is 2.05. The van der Waals surface area contributed by atoms with Crippen LogP contribution in [0.3, 0.4) is 0 Å². The van der Waals surface area contributed by atoms with E-state index in [0.29, 0.717) is 13.0 Å². The number of hydrogen-bond acceptors (Lipinski definition) is 6. The van der Waals surface area contributed by atoms with Crippen molar-refractivity contribution < 1.29 is 19.1 Å². The summed E-state index contributed by atoms with van der Waals surface area (Å²) in [6.45, 7) is 9.79. The van der Waals surface area contributed by atoms with E-state index in [1.165, 1.54) is 4.90 Å². The third kappa shape index (κ3) is 4.30. The molecular weight excluding hydrogens is 384 g/mol. The lowest BCUT2D eigenvalue weighted by molar-refractivity contribution is -0.168. The first-order valence-electron chi connectivity index (χ1n) is 9.19. The van der Waals surface area contributed by atoms with Gasteiger partial charge < -0.3 is 20.3 Å². The second-order valence-electron chi connectivity index (χ2n) is 8.70. The number of alkyl carbamates (subject to hydrolysis) is 1. The molecule has 156 valence electrons. The van der Waals surface area contributed by atoms with Gasteiger partial charge in [0.1, 0.15) is 6.04 Å². The second-order valence-corrected chi connectivity index (χ2v) is 9.26. The van der Waals surface area contributed by atoms with Gasteiger partial charge in [-0.15, -0.1) is 0 Å². The highest BCUT2D eigenvalue weighted by Gasteiger charge is 2.68. The minimum atomic E-state index is -0.952. The molecule has 2 aliphatic heterocycles. The standard InChI is InChI=1S/C17H28N6O4S/c1-16(2,3)21-15(26)27-10-9-12(28)17(4,5)11(23(9)14(10)25)13(24)19-7-6-8-20-22-18/h9-12,28H,6-8H2,1-5H3,(H,19,24)(H,21,26)/t9?,10-,11-,12?/m1/s1. The van der Waals surface area contributed by atoms with E-state index in [-0.39, 0.29) is 17.7 Å². The maximum absolute atomic E-state index is 12.7. The number of amides is 3. The molecule has 0 radical (unpaired) electrons. The Bertz CT molecular complexity index is 700. The van der Waals surface area contributed by atoms with Gasteiger partial charge in [-0.05, 0) is 32.7 Å². The number of nitrogens with one attached hydrogen (secondary N) is 2. The number of azide groups is 1. The number of hydrogen-bond donors (Lipinski definition) is 3. The molecule has 0 saturated carbocycles. The van der Waals surface area contributed by atoms with Crippen LogP contribution in [0, 0.1) is 5.41 Å². The van der Waals surface area contributed by atoms with Crippen LogP contribution >= 0.6 is 12.6 Å². The Morgan fingerprint density at radius 2 is 2.04 bits per heavy atom. The summed E-state index contributed by atoms with van der Waals surface area (Å²) in [6.07, 6.45) is -1.12. The molecule has 0 aromatic heterocycles. The van der Waals surface area contributed by atoms with Crippen LogP contribution in [-0.4, -0.2) is 64.9 Å². The van der Waals surface area contributed by atoms with E-state index >= 15 is 0 Å². The molecule has 2 saturated heterocycles. The van der Waals surface area contributed by atoms with Gasteiger partial charge in [0.15, 0.2) is 0 Å². The fourth-order valence-electron chi connectivity index (χ4n) is 3.62. The first kappa shape index (κ1) is 22.2. The van der Waals surface area contributed by atoms with Crippen molar-refractivity contribution in [1.82, 2.24) is 15.5 Å². The Kier molecular flexibility index (Phi) is 6.40. The van der Waals surface area contributed by atoms with Crippen LogP contribution in [0.5, 0.6) is 0 Å². The third-order valence-electron chi connectivity index (χ3n) is 4.95. The summed E-state index contributed by atoms with van der Waals surface area (Å²) in [5.74, 6) is -0.689. The molecule has 0 bridgehead atoms. The van der Waals surface area contributed by atoms with Crippen molar-refractivity contribution >= 4 is 30.5 Å². The molecule has 2 unspecified atom stereocenters. The maximum atomic E-state index is 12.7. The van der Waals surface area contributed by atoms with Crippen LogP contribution in [0.15, 0.2) is 5.11 Å². The van der Waals surface area contributed by atoms with E-state index in [2.05, 4.69) is 33.3 Å². The van der Waals surface area contributed by atoms with Gasteiger partial charge in [0.2, 0.25) is 12.0 Å². The molecule has 0 spiro atoms. The summed E-state index contributed by atoms with van der Waals surface area (Å²) in [4.78, 5) is 41.6. The zero-order chi connectivity index (χ0) is 21.3. The van der Waals surface area contributed by atoms with Gasteiger partial charge in [0.05, 0.1) is 6.04 Å². The topological polar surface area (TPSA) is 137 Å². The molecule has 28 heavy (non-hydrogen) atoms. The number of fused-ring (bicyclic) bond motifs is 1. The number of ether oxygens (including phenoxy) is 1. The third-order valence-corrected chi connectivity index (χ3v) is 5.93. The Labute approximate surface area is 169 Å². The monoisotopic (exact) mass is 412 g/mol. The highest BCUT2D eigenvalue weighted by molar-refractivity contribution is 7.81. The molecule has 0 aromatic rings. The van der Waals surface area contributed by atoms with E-state index in [9.17, 15) is 14.4 Å². The number of thiol groups is 1.